The summed E-state index contributed by atoms with van der Waals surface area (Å²) < 4.78 is 11.5. The molecular weight excluding hydrogens is 368 g/mol. The second kappa shape index (κ2) is 7.72. The predicted molar refractivity (Wildman–Crippen MR) is 110 cm³/mol. The molecule has 1 aliphatic heterocycles. The molecule has 0 radical (unpaired) electrons. The molecule has 0 bridgehead atoms. The normalized spacial score (nSPS) is 20.6. The summed E-state index contributed by atoms with van der Waals surface area (Å²) in [5.74, 6) is 1.83. The van der Waals surface area contributed by atoms with Crippen LogP contribution in [-0.2, 0) is 11.3 Å². The summed E-state index contributed by atoms with van der Waals surface area (Å²) in [5.41, 5.74) is 4.18. The fourth-order valence-corrected chi connectivity index (χ4v) is 4.48. The average Bonchev–Trinajstić information content (AvgIpc) is 3.43. The van der Waals surface area contributed by atoms with Crippen LogP contribution in [0.3, 0.4) is 0 Å². The molecule has 1 aromatic carbocycles. The Hall–Kier alpha value is -2.51. The van der Waals surface area contributed by atoms with Crippen LogP contribution in [0.15, 0.2) is 28.8 Å². The van der Waals surface area contributed by atoms with E-state index in [-0.39, 0.29) is 12.6 Å². The van der Waals surface area contributed by atoms with Crippen LogP contribution in [0, 0.1) is 0 Å². The molecule has 3 aromatic rings. The van der Waals surface area contributed by atoms with Crippen LogP contribution in [0.25, 0.3) is 22.5 Å². The zero-order chi connectivity index (χ0) is 19.8. The fourth-order valence-electron chi connectivity index (χ4n) is 4.48. The molecule has 1 atom stereocenters. The van der Waals surface area contributed by atoms with Crippen molar-refractivity contribution in [2.75, 3.05) is 24.7 Å². The van der Waals surface area contributed by atoms with Crippen molar-refractivity contribution in [1.82, 2.24) is 15.1 Å². The molecular formula is C22H26N4O3. The van der Waals surface area contributed by atoms with E-state index in [0.717, 1.165) is 47.5 Å². The Morgan fingerprint density at radius 2 is 2.07 bits per heavy atom. The number of anilines is 1. The first-order valence-corrected chi connectivity index (χ1v) is 10.5. The van der Waals surface area contributed by atoms with E-state index in [0.29, 0.717) is 30.5 Å². The van der Waals surface area contributed by atoms with Crippen LogP contribution in [0.2, 0.25) is 0 Å². The number of rotatable bonds is 4. The van der Waals surface area contributed by atoms with E-state index in [9.17, 15) is 5.11 Å². The number of aliphatic hydroxyl groups is 1. The van der Waals surface area contributed by atoms with Crippen molar-refractivity contribution in [1.29, 1.82) is 0 Å². The Kier molecular flexibility index (Phi) is 4.93. The van der Waals surface area contributed by atoms with E-state index in [4.69, 9.17) is 19.2 Å². The van der Waals surface area contributed by atoms with Gasteiger partial charge in [0.1, 0.15) is 11.2 Å². The van der Waals surface area contributed by atoms with E-state index in [1.807, 2.05) is 24.3 Å². The van der Waals surface area contributed by atoms with Crippen molar-refractivity contribution in [2.24, 2.45) is 0 Å². The fraction of sp³-hybridized carbons (Fsp3) is 0.500. The summed E-state index contributed by atoms with van der Waals surface area (Å²) in [6.07, 6.45) is 4.71. The van der Waals surface area contributed by atoms with Crippen molar-refractivity contribution < 1.29 is 14.4 Å². The maximum absolute atomic E-state index is 9.54. The highest BCUT2D eigenvalue weighted by molar-refractivity contribution is 5.88. The summed E-state index contributed by atoms with van der Waals surface area (Å²) in [4.78, 5) is 12.0. The van der Waals surface area contributed by atoms with Crippen LogP contribution in [0.4, 0.5) is 5.82 Å². The van der Waals surface area contributed by atoms with Gasteiger partial charge >= 0.3 is 0 Å². The molecule has 7 heteroatoms. The maximum atomic E-state index is 9.54. The van der Waals surface area contributed by atoms with Gasteiger partial charge in [-0.3, -0.25) is 0 Å². The topological polar surface area (TPSA) is 84.5 Å². The van der Waals surface area contributed by atoms with Gasteiger partial charge in [-0.1, -0.05) is 36.2 Å². The van der Waals surface area contributed by atoms with Gasteiger partial charge in [-0.25, -0.2) is 9.97 Å². The van der Waals surface area contributed by atoms with Crippen molar-refractivity contribution in [3.63, 3.8) is 0 Å². The number of fused-ring (bicyclic) bond motifs is 1. The molecule has 7 nitrogen and oxygen atoms in total. The van der Waals surface area contributed by atoms with Gasteiger partial charge < -0.3 is 19.3 Å². The summed E-state index contributed by atoms with van der Waals surface area (Å²) in [7, 11) is 0. The number of hydrogen-bond donors (Lipinski definition) is 1. The number of aliphatic hydroxyl groups excluding tert-OH is 1. The molecule has 2 aromatic heterocycles. The second-order valence-corrected chi connectivity index (χ2v) is 8.07. The van der Waals surface area contributed by atoms with Gasteiger partial charge in [0.15, 0.2) is 11.6 Å². The number of nitrogens with zero attached hydrogens (tertiary/aromatic N) is 4. The Morgan fingerprint density at radius 1 is 1.21 bits per heavy atom. The van der Waals surface area contributed by atoms with Crippen molar-refractivity contribution in [3.8, 4) is 11.4 Å². The zero-order valence-electron chi connectivity index (χ0n) is 16.7. The van der Waals surface area contributed by atoms with Gasteiger partial charge in [0.25, 0.3) is 0 Å². The number of hydrogen-bond acceptors (Lipinski definition) is 7. The number of benzene rings is 1. The molecule has 29 heavy (non-hydrogen) atoms. The third-order valence-electron chi connectivity index (χ3n) is 6.07. The first kappa shape index (κ1) is 18.5. The highest BCUT2D eigenvalue weighted by Gasteiger charge is 2.30. The molecule has 5 rings (SSSR count). The van der Waals surface area contributed by atoms with Gasteiger partial charge in [0, 0.05) is 18.0 Å². The molecule has 1 aliphatic carbocycles. The largest absolute Gasteiger partial charge is 0.392 e. The highest BCUT2D eigenvalue weighted by atomic mass is 16.5. The Bertz CT molecular complexity index is 1010. The quantitative estimate of drug-likeness (QED) is 0.723. The maximum Gasteiger partial charge on any atom is 0.228 e. The SMILES string of the molecule is CC1COCCN1c1nc(-c2cccc(CO)c2)nc2c(C3CCCC3)noc12. The molecule has 2 fully saturated rings. The number of morpholine rings is 1. The van der Waals surface area contributed by atoms with Gasteiger partial charge in [-0.05, 0) is 31.4 Å². The molecule has 1 unspecified atom stereocenters. The zero-order valence-corrected chi connectivity index (χ0v) is 16.7. The van der Waals surface area contributed by atoms with Crippen molar-refractivity contribution in [2.45, 2.75) is 51.2 Å². The summed E-state index contributed by atoms with van der Waals surface area (Å²) in [6.45, 7) is 4.19. The summed E-state index contributed by atoms with van der Waals surface area (Å²) in [5, 5.41) is 14.0. The van der Waals surface area contributed by atoms with Gasteiger partial charge in [0.2, 0.25) is 5.58 Å². The molecule has 2 aliphatic rings. The molecule has 1 saturated carbocycles. The molecule has 152 valence electrons. The van der Waals surface area contributed by atoms with Crippen molar-refractivity contribution >= 4 is 16.9 Å². The minimum absolute atomic E-state index is 0.00989. The number of aromatic nitrogens is 3. The minimum Gasteiger partial charge on any atom is -0.392 e. The lowest BCUT2D eigenvalue weighted by Crippen LogP contribution is -2.44. The van der Waals surface area contributed by atoms with Crippen LogP contribution in [0.5, 0.6) is 0 Å². The van der Waals surface area contributed by atoms with Crippen LogP contribution in [0.1, 0.15) is 49.8 Å². The summed E-state index contributed by atoms with van der Waals surface area (Å²) in [6, 6.07) is 7.94. The molecule has 0 spiro atoms. The van der Waals surface area contributed by atoms with Crippen LogP contribution in [-0.4, -0.2) is 46.0 Å². The van der Waals surface area contributed by atoms with Crippen molar-refractivity contribution in [3.05, 3.63) is 35.5 Å². The monoisotopic (exact) mass is 394 g/mol. The lowest BCUT2D eigenvalue weighted by molar-refractivity contribution is 0.0985. The average molecular weight is 394 g/mol. The standard InChI is InChI=1S/C22H26N4O3/c1-14-13-28-10-9-26(14)22-20-19(18(25-29-20)16-6-2-3-7-16)23-21(24-22)17-8-4-5-15(11-17)12-27/h4-5,8,11,14,16,27H,2-3,6-7,9-10,12-13H2,1H3. The van der Waals surface area contributed by atoms with Crippen LogP contribution < -0.4 is 4.90 Å². The van der Waals surface area contributed by atoms with Gasteiger partial charge in [-0.2, -0.15) is 0 Å². The van der Waals surface area contributed by atoms with Gasteiger partial charge in [-0.15, -0.1) is 0 Å². The lowest BCUT2D eigenvalue weighted by atomic mass is 10.0. The Labute approximate surface area is 169 Å². The first-order valence-electron chi connectivity index (χ1n) is 10.5. The van der Waals surface area contributed by atoms with Crippen LogP contribution >= 0.6 is 0 Å². The Balaban J connectivity index is 1.69. The predicted octanol–water partition coefficient (Wildman–Crippen LogP) is 3.66. The summed E-state index contributed by atoms with van der Waals surface area (Å²) >= 11 is 0. The molecule has 0 amide bonds. The highest BCUT2D eigenvalue weighted by Crippen LogP contribution is 2.39. The third-order valence-corrected chi connectivity index (χ3v) is 6.07. The molecule has 1 N–H and O–H groups in total. The lowest BCUT2D eigenvalue weighted by Gasteiger charge is -2.34. The smallest absolute Gasteiger partial charge is 0.228 e. The third kappa shape index (κ3) is 3.38. The van der Waals surface area contributed by atoms with Gasteiger partial charge in [0.05, 0.1) is 25.9 Å². The minimum atomic E-state index is -0.00989. The van der Waals surface area contributed by atoms with E-state index in [1.54, 1.807) is 0 Å². The first-order chi connectivity index (χ1) is 14.2. The van der Waals surface area contributed by atoms with E-state index in [2.05, 4.69) is 17.0 Å². The molecule has 1 saturated heterocycles. The number of ether oxygens (including phenoxy) is 1. The van der Waals surface area contributed by atoms with E-state index in [1.165, 1.54) is 12.8 Å². The molecule has 3 heterocycles. The van der Waals surface area contributed by atoms with E-state index < -0.39 is 0 Å². The second-order valence-electron chi connectivity index (χ2n) is 8.07. The Morgan fingerprint density at radius 3 is 2.86 bits per heavy atom. The van der Waals surface area contributed by atoms with E-state index >= 15 is 0 Å².